The van der Waals surface area contributed by atoms with E-state index in [0.717, 1.165) is 0 Å². The van der Waals surface area contributed by atoms with Gasteiger partial charge in [-0.2, -0.15) is 45.9 Å². The van der Waals surface area contributed by atoms with Gasteiger partial charge in [-0.1, -0.05) is 64.5 Å². The molecule has 0 aromatic heterocycles. The predicted octanol–water partition coefficient (Wildman–Crippen LogP) is 8.02. The summed E-state index contributed by atoms with van der Waals surface area (Å²) in [5, 5.41) is 34.2. The second-order valence-electron chi connectivity index (χ2n) is 8.12. The second kappa shape index (κ2) is 21.9. The normalized spacial score (nSPS) is 8.86. The zero-order chi connectivity index (χ0) is 26.4. The molecular weight excluding hydrogens is 536 g/mol. The number of phenols is 2. The quantitative estimate of drug-likeness (QED) is 0.229. The Morgan fingerprint density at radius 3 is 1.22 bits per heavy atom. The van der Waals surface area contributed by atoms with Gasteiger partial charge in [-0.25, -0.2) is 24.3 Å². The van der Waals surface area contributed by atoms with Crippen molar-refractivity contribution in [3.05, 3.63) is 119 Å². The summed E-state index contributed by atoms with van der Waals surface area (Å²) in [6.07, 6.45) is 7.75. The number of phenolic OH excluding ortho intramolecular Hbond substituents is 2. The van der Waals surface area contributed by atoms with E-state index in [9.17, 15) is 0 Å². The number of benzene rings is 2. The van der Waals surface area contributed by atoms with Gasteiger partial charge in [0.25, 0.3) is 0 Å². The fraction of sp³-hybridized carbons (Fsp3) is 0.250. The molecule has 0 fully saturated rings. The monoisotopic (exact) mass is 570 g/mol. The van der Waals surface area contributed by atoms with Crippen LogP contribution in [0.3, 0.4) is 0 Å². The van der Waals surface area contributed by atoms with Gasteiger partial charge < -0.3 is 10.2 Å². The number of aryl methyl sites for hydroxylation is 2. The van der Waals surface area contributed by atoms with E-state index in [1.807, 2.05) is 12.1 Å². The van der Waals surface area contributed by atoms with Crippen molar-refractivity contribution in [2.24, 2.45) is 0 Å². The van der Waals surface area contributed by atoms with Gasteiger partial charge in [0.1, 0.15) is 11.5 Å². The summed E-state index contributed by atoms with van der Waals surface area (Å²) < 4.78 is 0. The van der Waals surface area contributed by atoms with Crippen LogP contribution in [0.4, 0.5) is 0 Å². The van der Waals surface area contributed by atoms with Crippen LogP contribution in [0.15, 0.2) is 97.1 Å². The minimum absolute atomic E-state index is 0. The van der Waals surface area contributed by atoms with Gasteiger partial charge in [-0.15, -0.1) is 0 Å². The molecule has 190 valence electrons. The van der Waals surface area contributed by atoms with Crippen LogP contribution in [0.1, 0.15) is 61.8 Å². The zero-order valence-corrected chi connectivity index (χ0v) is 24.2. The van der Waals surface area contributed by atoms with Crippen LogP contribution in [0.25, 0.3) is 0 Å². The van der Waals surface area contributed by atoms with Gasteiger partial charge in [-0.05, 0) is 36.4 Å². The zero-order valence-electron chi connectivity index (χ0n) is 21.8. The summed E-state index contributed by atoms with van der Waals surface area (Å²) in [6, 6.07) is 33.4. The van der Waals surface area contributed by atoms with Crippen molar-refractivity contribution in [2.45, 2.75) is 52.4 Å². The molecule has 0 saturated carbocycles. The van der Waals surface area contributed by atoms with Crippen LogP contribution in [0, 0.1) is 22.7 Å². The van der Waals surface area contributed by atoms with Crippen LogP contribution in [0.5, 0.6) is 11.5 Å². The van der Waals surface area contributed by atoms with Gasteiger partial charge in [-0.3, -0.25) is 0 Å². The molecule has 0 radical (unpaired) electrons. The first-order chi connectivity index (χ1) is 17.5. The molecule has 2 N–H and O–H groups in total. The maximum absolute atomic E-state index is 8.79. The molecule has 0 amide bonds. The Kier molecular flexibility index (Phi) is 19.8. The molecule has 0 spiro atoms. The topological polar surface area (TPSA) is 88.0 Å². The molecule has 0 aliphatic carbocycles. The summed E-state index contributed by atoms with van der Waals surface area (Å²) in [7, 11) is 0. The van der Waals surface area contributed by atoms with Crippen molar-refractivity contribution in [3.63, 3.8) is 0 Å². The Morgan fingerprint density at radius 2 is 0.973 bits per heavy atom. The fourth-order valence-corrected chi connectivity index (χ4v) is 3.07. The fourth-order valence-electron chi connectivity index (χ4n) is 3.07. The number of nitriles is 2. The van der Waals surface area contributed by atoms with Gasteiger partial charge in [0.2, 0.25) is 0 Å². The molecule has 4 nitrogen and oxygen atoms in total. The summed E-state index contributed by atoms with van der Waals surface area (Å²) in [6.45, 7) is 4.45. The first-order valence-corrected chi connectivity index (χ1v) is 12.3. The Morgan fingerprint density at radius 1 is 0.622 bits per heavy atom. The predicted molar refractivity (Wildman–Crippen MR) is 147 cm³/mol. The Labute approximate surface area is 241 Å². The van der Waals surface area contributed by atoms with E-state index in [4.69, 9.17) is 20.7 Å². The summed E-state index contributed by atoms with van der Waals surface area (Å²) in [5.74, 6) is 0.267. The van der Waals surface area contributed by atoms with E-state index in [1.165, 1.54) is 73.9 Å². The van der Waals surface area contributed by atoms with Gasteiger partial charge >= 0.3 is 26.2 Å². The third-order valence-corrected chi connectivity index (χ3v) is 5.05. The molecule has 0 bridgehead atoms. The molecule has 4 aromatic rings. The van der Waals surface area contributed by atoms with Crippen LogP contribution in [-0.2, 0) is 39.0 Å². The van der Waals surface area contributed by atoms with Crippen molar-refractivity contribution in [1.82, 2.24) is 0 Å². The van der Waals surface area contributed by atoms with Crippen LogP contribution in [0.2, 0.25) is 0 Å². The first-order valence-electron chi connectivity index (χ1n) is 12.3. The standard InChI is InChI=1S/2C9H13.2C7H5NO.Zr/c2*1-2-3-6-9-7-4-5-8-9;2*8-5-6-2-1-3-7(9)4-6;/h2*4-5,7-8H,2-3,6H2,1H3;2*1-4,9H;/q2*-1;;;+2. The molecule has 0 aliphatic heterocycles. The Bertz CT molecular complexity index is 1060. The van der Waals surface area contributed by atoms with Gasteiger partial charge in [0.05, 0.1) is 23.3 Å². The third-order valence-electron chi connectivity index (χ3n) is 5.05. The van der Waals surface area contributed by atoms with E-state index >= 15 is 0 Å². The number of unbranched alkanes of at least 4 members (excludes halogenated alkanes) is 2. The number of nitrogens with zero attached hydrogens (tertiary/aromatic N) is 2. The Hall–Kier alpha value is -3.40. The molecule has 4 rings (SSSR count). The molecule has 0 unspecified atom stereocenters. The van der Waals surface area contributed by atoms with Crippen LogP contribution < -0.4 is 0 Å². The largest absolute Gasteiger partial charge is 2.00 e. The molecule has 37 heavy (non-hydrogen) atoms. The van der Waals surface area contributed by atoms with E-state index in [1.54, 1.807) is 24.3 Å². The van der Waals surface area contributed by atoms with Gasteiger partial charge in [0, 0.05) is 0 Å². The molecule has 0 atom stereocenters. The number of rotatable bonds is 6. The van der Waals surface area contributed by atoms with Crippen molar-refractivity contribution in [3.8, 4) is 23.6 Å². The number of aromatic hydroxyl groups is 2. The number of hydrogen-bond donors (Lipinski definition) is 2. The molecule has 0 saturated heterocycles. The minimum Gasteiger partial charge on any atom is -0.508 e. The molecular formula is C32H36N2O2Zr. The van der Waals surface area contributed by atoms with E-state index in [0.29, 0.717) is 11.1 Å². The smallest absolute Gasteiger partial charge is 0.508 e. The summed E-state index contributed by atoms with van der Waals surface area (Å²) >= 11 is 0. The minimum atomic E-state index is 0. The van der Waals surface area contributed by atoms with Crippen LogP contribution in [-0.4, -0.2) is 10.2 Å². The molecule has 4 aromatic carbocycles. The van der Waals surface area contributed by atoms with Gasteiger partial charge in [0.15, 0.2) is 0 Å². The van der Waals surface area contributed by atoms with E-state index < -0.39 is 0 Å². The average molecular weight is 572 g/mol. The summed E-state index contributed by atoms with van der Waals surface area (Å²) in [4.78, 5) is 0. The van der Waals surface area contributed by atoms with Crippen molar-refractivity contribution in [2.75, 3.05) is 0 Å². The van der Waals surface area contributed by atoms with Crippen molar-refractivity contribution >= 4 is 0 Å². The van der Waals surface area contributed by atoms with Crippen LogP contribution >= 0.6 is 0 Å². The molecule has 5 heteroatoms. The second-order valence-corrected chi connectivity index (χ2v) is 8.12. The van der Waals surface area contributed by atoms with E-state index in [-0.39, 0.29) is 37.7 Å². The molecule has 0 heterocycles. The number of hydrogen-bond acceptors (Lipinski definition) is 4. The average Bonchev–Trinajstić information content (AvgIpc) is 3.62. The maximum atomic E-state index is 8.79. The SMILES string of the molecule is CCCC[c-]1cccc1.CCCC[c-]1cccc1.N#Cc1cccc(O)c1.N#Cc1cccc(O)c1.[Zr+2]. The Balaban J connectivity index is 0.000000463. The summed E-state index contributed by atoms with van der Waals surface area (Å²) in [5.41, 5.74) is 3.93. The van der Waals surface area contributed by atoms with E-state index in [2.05, 4.69) is 62.4 Å². The van der Waals surface area contributed by atoms with Crippen molar-refractivity contribution in [1.29, 1.82) is 10.5 Å². The maximum Gasteiger partial charge on any atom is 2.00 e. The first kappa shape index (κ1) is 33.6. The molecule has 0 aliphatic rings. The van der Waals surface area contributed by atoms with Crippen molar-refractivity contribution < 1.29 is 36.4 Å². The third kappa shape index (κ3) is 16.8.